The number of benzene rings is 2. The zero-order valence-corrected chi connectivity index (χ0v) is 12.4. The average Bonchev–Trinajstić information content (AvgIpc) is 2.34. The molecule has 2 aromatic rings. The highest BCUT2D eigenvalue weighted by molar-refractivity contribution is 14.1. The van der Waals surface area contributed by atoms with E-state index in [2.05, 4.69) is 15.9 Å². The minimum Gasteiger partial charge on any atom is -0.506 e. The number of aromatic hydroxyl groups is 1. The average molecular weight is 403 g/mol. The Labute approximate surface area is 121 Å². The number of hydrogen-bond acceptors (Lipinski definition) is 2. The molecule has 0 atom stereocenters. The first-order chi connectivity index (χ1) is 8.09. The number of ketones is 1. The van der Waals surface area contributed by atoms with Gasteiger partial charge in [-0.2, -0.15) is 0 Å². The molecule has 1 N–H and O–H groups in total. The molecule has 0 saturated heterocycles. The van der Waals surface area contributed by atoms with Crippen molar-refractivity contribution in [3.8, 4) is 5.75 Å². The van der Waals surface area contributed by atoms with Crippen molar-refractivity contribution < 1.29 is 9.90 Å². The predicted octanol–water partition coefficient (Wildman–Crippen LogP) is 3.99. The van der Waals surface area contributed by atoms with Gasteiger partial charge in [0.25, 0.3) is 0 Å². The lowest BCUT2D eigenvalue weighted by atomic mass is 10.0. The number of rotatable bonds is 2. The molecule has 17 heavy (non-hydrogen) atoms. The number of halogens is 2. The number of carbonyl (C=O) groups is 1. The molecule has 0 spiro atoms. The fourth-order valence-electron chi connectivity index (χ4n) is 1.48. The van der Waals surface area contributed by atoms with Gasteiger partial charge in [0.2, 0.25) is 0 Å². The van der Waals surface area contributed by atoms with Crippen molar-refractivity contribution in [3.05, 3.63) is 61.6 Å². The van der Waals surface area contributed by atoms with Crippen LogP contribution in [0.25, 0.3) is 0 Å². The van der Waals surface area contributed by atoms with Crippen molar-refractivity contribution in [2.75, 3.05) is 0 Å². The highest BCUT2D eigenvalue weighted by atomic mass is 127. The van der Waals surface area contributed by atoms with Crippen LogP contribution in [0.3, 0.4) is 0 Å². The van der Waals surface area contributed by atoms with Crippen molar-refractivity contribution in [2.45, 2.75) is 0 Å². The second-order valence-electron chi connectivity index (χ2n) is 3.48. The van der Waals surface area contributed by atoms with Crippen molar-refractivity contribution in [2.24, 2.45) is 0 Å². The smallest absolute Gasteiger partial charge is 0.196 e. The Bertz CT molecular complexity index is 567. The van der Waals surface area contributed by atoms with Crippen LogP contribution in [0, 0.1) is 3.57 Å². The summed E-state index contributed by atoms with van der Waals surface area (Å²) in [4.78, 5) is 12.2. The predicted molar refractivity (Wildman–Crippen MR) is 78.4 cm³/mol. The second-order valence-corrected chi connectivity index (χ2v) is 5.56. The summed E-state index contributed by atoms with van der Waals surface area (Å²) < 4.78 is 1.43. The lowest BCUT2D eigenvalue weighted by Gasteiger charge is -2.06. The number of carbonyl (C=O) groups excluding carboxylic acids is 1. The van der Waals surface area contributed by atoms with Crippen molar-refractivity contribution in [3.63, 3.8) is 0 Å². The van der Waals surface area contributed by atoms with Crippen LogP contribution in [0.1, 0.15) is 15.9 Å². The highest BCUT2D eigenvalue weighted by Gasteiger charge is 2.16. The molecular weight excluding hydrogens is 395 g/mol. The van der Waals surface area contributed by atoms with E-state index in [-0.39, 0.29) is 11.5 Å². The topological polar surface area (TPSA) is 37.3 Å². The van der Waals surface area contributed by atoms with Crippen molar-refractivity contribution in [1.82, 2.24) is 0 Å². The Balaban J connectivity index is 2.52. The summed E-state index contributed by atoms with van der Waals surface area (Å²) in [6.45, 7) is 0. The molecule has 0 aliphatic rings. The van der Waals surface area contributed by atoms with E-state index >= 15 is 0 Å². The minimum atomic E-state index is -0.178. The molecule has 0 saturated carbocycles. The van der Waals surface area contributed by atoms with Crippen LogP contribution in [-0.4, -0.2) is 10.9 Å². The standard InChI is InChI=1S/C13H8BrIO2/c14-9-6-10(13(17)11(15)7-9)12(16)8-4-2-1-3-5-8/h1-7,17H. The van der Waals surface area contributed by atoms with E-state index in [1.807, 2.05) is 28.7 Å². The summed E-state index contributed by atoms with van der Waals surface area (Å²) in [5, 5.41) is 9.90. The molecule has 0 radical (unpaired) electrons. The van der Waals surface area contributed by atoms with Crippen LogP contribution >= 0.6 is 38.5 Å². The largest absolute Gasteiger partial charge is 0.506 e. The summed E-state index contributed by atoms with van der Waals surface area (Å²) in [5.74, 6) is -0.148. The molecule has 0 bridgehead atoms. The van der Waals surface area contributed by atoms with Gasteiger partial charge in [-0.3, -0.25) is 4.79 Å². The molecular formula is C13H8BrIO2. The molecule has 0 amide bonds. The van der Waals surface area contributed by atoms with Gasteiger partial charge in [0, 0.05) is 10.0 Å². The van der Waals surface area contributed by atoms with Gasteiger partial charge in [-0.1, -0.05) is 46.3 Å². The first kappa shape index (κ1) is 12.6. The Kier molecular flexibility index (Phi) is 3.83. The molecule has 2 rings (SSSR count). The summed E-state index contributed by atoms with van der Waals surface area (Å²) in [7, 11) is 0. The maximum atomic E-state index is 12.2. The minimum absolute atomic E-state index is 0.0302. The van der Waals surface area contributed by atoms with E-state index in [4.69, 9.17) is 0 Å². The number of hydrogen-bond donors (Lipinski definition) is 1. The van der Waals surface area contributed by atoms with E-state index in [1.165, 1.54) is 0 Å². The van der Waals surface area contributed by atoms with Gasteiger partial charge >= 0.3 is 0 Å². The fourth-order valence-corrected chi connectivity index (χ4v) is 3.00. The molecule has 0 heterocycles. The van der Waals surface area contributed by atoms with Crippen LogP contribution in [-0.2, 0) is 0 Å². The Morgan fingerprint density at radius 2 is 1.82 bits per heavy atom. The van der Waals surface area contributed by atoms with Crippen LogP contribution in [0.5, 0.6) is 5.75 Å². The molecule has 0 aromatic heterocycles. The quantitative estimate of drug-likeness (QED) is 0.609. The monoisotopic (exact) mass is 402 g/mol. The lowest BCUT2D eigenvalue weighted by Crippen LogP contribution is -2.02. The first-order valence-corrected chi connectivity index (χ1v) is 6.74. The van der Waals surface area contributed by atoms with Gasteiger partial charge in [-0.25, -0.2) is 0 Å². The Morgan fingerprint density at radius 1 is 1.18 bits per heavy atom. The van der Waals surface area contributed by atoms with Crippen molar-refractivity contribution >= 4 is 44.3 Å². The van der Waals surface area contributed by atoms with E-state index in [0.29, 0.717) is 14.7 Å². The third kappa shape index (κ3) is 2.69. The molecule has 86 valence electrons. The highest BCUT2D eigenvalue weighted by Crippen LogP contribution is 2.30. The molecule has 0 aliphatic heterocycles. The van der Waals surface area contributed by atoms with Crippen LogP contribution in [0.4, 0.5) is 0 Å². The summed E-state index contributed by atoms with van der Waals surface area (Å²) in [5.41, 5.74) is 0.881. The molecule has 0 fully saturated rings. The Morgan fingerprint density at radius 3 is 2.47 bits per heavy atom. The van der Waals surface area contributed by atoms with Gasteiger partial charge in [0.15, 0.2) is 5.78 Å². The fraction of sp³-hybridized carbons (Fsp3) is 0. The van der Waals surface area contributed by atoms with Crippen LogP contribution < -0.4 is 0 Å². The maximum Gasteiger partial charge on any atom is 0.196 e. The summed E-state index contributed by atoms with van der Waals surface area (Å²) in [6, 6.07) is 12.3. The third-order valence-corrected chi connectivity index (χ3v) is 3.59. The number of phenols is 1. The zero-order chi connectivity index (χ0) is 12.4. The normalized spacial score (nSPS) is 10.2. The van der Waals surface area contributed by atoms with Crippen molar-refractivity contribution in [1.29, 1.82) is 0 Å². The maximum absolute atomic E-state index is 12.2. The zero-order valence-electron chi connectivity index (χ0n) is 8.65. The van der Waals surface area contributed by atoms with Gasteiger partial charge < -0.3 is 5.11 Å². The van der Waals surface area contributed by atoms with Gasteiger partial charge in [0.1, 0.15) is 5.75 Å². The van der Waals surface area contributed by atoms with Gasteiger partial charge in [-0.05, 0) is 34.7 Å². The van der Waals surface area contributed by atoms with Gasteiger partial charge in [0.05, 0.1) is 9.13 Å². The van der Waals surface area contributed by atoms with E-state index < -0.39 is 0 Å². The molecule has 2 nitrogen and oxygen atoms in total. The van der Waals surface area contributed by atoms with Crippen LogP contribution in [0.15, 0.2) is 46.9 Å². The second kappa shape index (κ2) is 5.18. The van der Waals surface area contributed by atoms with Crippen LogP contribution in [0.2, 0.25) is 0 Å². The molecule has 4 heteroatoms. The third-order valence-electron chi connectivity index (χ3n) is 2.31. The molecule has 0 unspecified atom stereocenters. The first-order valence-electron chi connectivity index (χ1n) is 4.87. The van der Waals surface area contributed by atoms with Gasteiger partial charge in [-0.15, -0.1) is 0 Å². The van der Waals surface area contributed by atoms with E-state index in [0.717, 1.165) is 4.47 Å². The molecule has 0 aliphatic carbocycles. The number of phenolic OH excluding ortho intramolecular Hbond substituents is 1. The Hall–Kier alpha value is -0.880. The summed E-state index contributed by atoms with van der Waals surface area (Å²) in [6.07, 6.45) is 0. The van der Waals surface area contributed by atoms with E-state index in [1.54, 1.807) is 36.4 Å². The lowest BCUT2D eigenvalue weighted by molar-refractivity contribution is 0.103. The molecule has 2 aromatic carbocycles. The van der Waals surface area contributed by atoms with E-state index in [9.17, 15) is 9.90 Å². The summed E-state index contributed by atoms with van der Waals surface area (Å²) >= 11 is 5.32. The SMILES string of the molecule is O=C(c1ccccc1)c1cc(Br)cc(I)c1O.